The molecule has 2 heterocycles. The highest BCUT2D eigenvalue weighted by Crippen LogP contribution is 2.26. The summed E-state index contributed by atoms with van der Waals surface area (Å²) in [4.78, 5) is 11.6. The molecular formula is C20H35N5O. The molecule has 0 atom stereocenters. The molecule has 1 aromatic heterocycles. The second-order valence-corrected chi connectivity index (χ2v) is 6.94. The molecule has 146 valence electrons. The molecule has 0 amide bonds. The number of ether oxygens (including phenoxy) is 1. The second-order valence-electron chi connectivity index (χ2n) is 6.94. The van der Waals surface area contributed by atoms with Crippen LogP contribution in [0.15, 0.2) is 24.4 Å². The van der Waals surface area contributed by atoms with Crippen molar-refractivity contribution in [2.24, 2.45) is 0 Å². The molecule has 1 aliphatic rings. The van der Waals surface area contributed by atoms with Gasteiger partial charge in [-0.3, -0.25) is 4.90 Å². The Hall–Kier alpha value is -1.79. The fourth-order valence-electron chi connectivity index (χ4n) is 3.32. The van der Waals surface area contributed by atoms with E-state index in [1.807, 2.05) is 13.0 Å². The number of nitrogens with two attached hydrogens (primary N) is 1. The lowest BCUT2D eigenvalue weighted by Gasteiger charge is -2.31. The standard InChI is InChI=1S/C20H35N5O/c1-5-7-24(8-6-2)18-15-19(21)22-20(16-18)25(17(3)4)10-9-23-11-13-26-14-12-23/h15-16H,3,5-14H2,1-2,4H3,(H2,21,22). The number of nitrogens with zero attached hydrogens (tertiary/aromatic N) is 4. The molecule has 1 aliphatic heterocycles. The molecule has 6 nitrogen and oxygen atoms in total. The van der Waals surface area contributed by atoms with Gasteiger partial charge in [-0.2, -0.15) is 0 Å². The highest BCUT2D eigenvalue weighted by molar-refractivity contribution is 5.62. The number of hydrogen-bond acceptors (Lipinski definition) is 6. The summed E-state index contributed by atoms with van der Waals surface area (Å²) >= 11 is 0. The van der Waals surface area contributed by atoms with Gasteiger partial charge in [-0.05, 0) is 19.8 Å². The Bertz CT molecular complexity index is 565. The molecule has 0 saturated carbocycles. The van der Waals surface area contributed by atoms with Crippen molar-refractivity contribution in [2.75, 3.05) is 68.0 Å². The summed E-state index contributed by atoms with van der Waals surface area (Å²) in [6.45, 7) is 18.1. The molecule has 0 radical (unpaired) electrons. The van der Waals surface area contributed by atoms with Crippen LogP contribution in [0.4, 0.5) is 17.3 Å². The van der Waals surface area contributed by atoms with Crippen LogP contribution >= 0.6 is 0 Å². The average molecular weight is 362 g/mol. The molecule has 0 spiro atoms. The Labute approximate surface area is 158 Å². The molecule has 0 bridgehead atoms. The highest BCUT2D eigenvalue weighted by Gasteiger charge is 2.16. The summed E-state index contributed by atoms with van der Waals surface area (Å²) in [5, 5.41) is 0. The van der Waals surface area contributed by atoms with Crippen molar-refractivity contribution in [3.63, 3.8) is 0 Å². The minimum absolute atomic E-state index is 0.562. The van der Waals surface area contributed by atoms with Gasteiger partial charge in [0.2, 0.25) is 0 Å². The lowest BCUT2D eigenvalue weighted by Crippen LogP contribution is -2.41. The highest BCUT2D eigenvalue weighted by atomic mass is 16.5. The number of anilines is 3. The van der Waals surface area contributed by atoms with Crippen LogP contribution in [0.3, 0.4) is 0 Å². The number of aromatic nitrogens is 1. The van der Waals surface area contributed by atoms with E-state index in [0.29, 0.717) is 5.82 Å². The summed E-state index contributed by atoms with van der Waals surface area (Å²) in [7, 11) is 0. The third-order valence-electron chi connectivity index (χ3n) is 4.65. The number of morpholine rings is 1. The van der Waals surface area contributed by atoms with Crippen molar-refractivity contribution in [2.45, 2.75) is 33.6 Å². The first-order chi connectivity index (χ1) is 12.5. The zero-order chi connectivity index (χ0) is 18.9. The van der Waals surface area contributed by atoms with Gasteiger partial charge in [-0.1, -0.05) is 20.4 Å². The van der Waals surface area contributed by atoms with E-state index in [0.717, 1.165) is 82.5 Å². The minimum atomic E-state index is 0.562. The van der Waals surface area contributed by atoms with Crippen molar-refractivity contribution >= 4 is 17.3 Å². The van der Waals surface area contributed by atoms with Crippen LogP contribution in [0.1, 0.15) is 33.6 Å². The van der Waals surface area contributed by atoms with Gasteiger partial charge in [-0.15, -0.1) is 0 Å². The molecular weight excluding hydrogens is 326 g/mol. The van der Waals surface area contributed by atoms with Gasteiger partial charge >= 0.3 is 0 Å². The van der Waals surface area contributed by atoms with E-state index in [2.05, 4.69) is 46.2 Å². The summed E-state index contributed by atoms with van der Waals surface area (Å²) in [6, 6.07) is 4.13. The summed E-state index contributed by atoms with van der Waals surface area (Å²) in [5.74, 6) is 1.45. The van der Waals surface area contributed by atoms with Crippen LogP contribution in [0, 0.1) is 0 Å². The largest absolute Gasteiger partial charge is 0.384 e. The lowest BCUT2D eigenvalue weighted by atomic mass is 10.2. The molecule has 1 saturated heterocycles. The van der Waals surface area contributed by atoms with Gasteiger partial charge in [0, 0.05) is 62.8 Å². The van der Waals surface area contributed by atoms with Gasteiger partial charge in [0.15, 0.2) is 0 Å². The number of pyridine rings is 1. The van der Waals surface area contributed by atoms with Crippen molar-refractivity contribution < 1.29 is 4.74 Å². The van der Waals surface area contributed by atoms with E-state index < -0.39 is 0 Å². The molecule has 2 rings (SSSR count). The topological polar surface area (TPSA) is 57.9 Å². The third-order valence-corrected chi connectivity index (χ3v) is 4.65. The first-order valence-corrected chi connectivity index (χ1v) is 9.80. The van der Waals surface area contributed by atoms with Crippen LogP contribution in [0.5, 0.6) is 0 Å². The van der Waals surface area contributed by atoms with E-state index in [-0.39, 0.29) is 0 Å². The summed E-state index contributed by atoms with van der Waals surface area (Å²) in [5.41, 5.74) is 8.28. The quantitative estimate of drug-likeness (QED) is 0.691. The maximum absolute atomic E-state index is 6.15. The van der Waals surface area contributed by atoms with Gasteiger partial charge < -0.3 is 20.3 Å². The van der Waals surface area contributed by atoms with Crippen LogP contribution in [0.25, 0.3) is 0 Å². The van der Waals surface area contributed by atoms with E-state index in [9.17, 15) is 0 Å². The van der Waals surface area contributed by atoms with Gasteiger partial charge in [0.05, 0.1) is 13.2 Å². The number of allylic oxidation sites excluding steroid dienone is 1. The molecule has 6 heteroatoms. The van der Waals surface area contributed by atoms with E-state index in [1.54, 1.807) is 0 Å². The molecule has 1 fully saturated rings. The summed E-state index contributed by atoms with van der Waals surface area (Å²) < 4.78 is 5.44. The zero-order valence-electron chi connectivity index (χ0n) is 16.7. The monoisotopic (exact) mass is 361 g/mol. The first kappa shape index (κ1) is 20.5. The van der Waals surface area contributed by atoms with E-state index in [1.165, 1.54) is 0 Å². The lowest BCUT2D eigenvalue weighted by molar-refractivity contribution is 0.0393. The normalized spacial score (nSPS) is 15.0. The predicted octanol–water partition coefficient (Wildman–Crippen LogP) is 2.96. The number of rotatable bonds is 10. The molecule has 1 aromatic rings. The van der Waals surface area contributed by atoms with Gasteiger partial charge in [0.25, 0.3) is 0 Å². The Morgan fingerprint density at radius 1 is 1.19 bits per heavy atom. The average Bonchev–Trinajstić information content (AvgIpc) is 2.62. The maximum Gasteiger partial charge on any atom is 0.137 e. The predicted molar refractivity (Wildman–Crippen MR) is 111 cm³/mol. The van der Waals surface area contributed by atoms with Crippen molar-refractivity contribution in [3.8, 4) is 0 Å². The molecule has 0 aliphatic carbocycles. The van der Waals surface area contributed by atoms with Gasteiger partial charge in [0.1, 0.15) is 11.6 Å². The Kier molecular flexibility index (Phi) is 8.19. The van der Waals surface area contributed by atoms with Crippen LogP contribution in [-0.4, -0.2) is 62.4 Å². The fraction of sp³-hybridized carbons (Fsp3) is 0.650. The minimum Gasteiger partial charge on any atom is -0.384 e. The molecule has 0 unspecified atom stereocenters. The van der Waals surface area contributed by atoms with Crippen LogP contribution < -0.4 is 15.5 Å². The summed E-state index contributed by atoms with van der Waals surface area (Å²) in [6.07, 6.45) is 2.22. The maximum atomic E-state index is 6.15. The van der Waals surface area contributed by atoms with Crippen LogP contribution in [0.2, 0.25) is 0 Å². The first-order valence-electron chi connectivity index (χ1n) is 9.80. The van der Waals surface area contributed by atoms with Crippen molar-refractivity contribution in [3.05, 3.63) is 24.4 Å². The third kappa shape index (κ3) is 5.88. The van der Waals surface area contributed by atoms with Gasteiger partial charge in [-0.25, -0.2) is 4.98 Å². The Morgan fingerprint density at radius 3 is 2.42 bits per heavy atom. The fourth-order valence-corrected chi connectivity index (χ4v) is 3.32. The SMILES string of the molecule is C=C(C)N(CCN1CCOCC1)c1cc(N(CCC)CCC)cc(N)n1. The smallest absolute Gasteiger partial charge is 0.137 e. The number of hydrogen-bond donors (Lipinski definition) is 1. The zero-order valence-corrected chi connectivity index (χ0v) is 16.7. The molecule has 0 aromatic carbocycles. The van der Waals surface area contributed by atoms with Crippen molar-refractivity contribution in [1.82, 2.24) is 9.88 Å². The Balaban J connectivity index is 2.17. The number of nitrogen functional groups attached to an aromatic ring is 1. The second kappa shape index (κ2) is 10.4. The molecule has 26 heavy (non-hydrogen) atoms. The van der Waals surface area contributed by atoms with Crippen molar-refractivity contribution in [1.29, 1.82) is 0 Å². The molecule has 2 N–H and O–H groups in total. The Morgan fingerprint density at radius 2 is 1.85 bits per heavy atom. The van der Waals surface area contributed by atoms with E-state index >= 15 is 0 Å². The van der Waals surface area contributed by atoms with E-state index in [4.69, 9.17) is 10.5 Å². The van der Waals surface area contributed by atoms with Crippen LogP contribution in [-0.2, 0) is 4.74 Å².